The molecule has 1 aromatic carbocycles. The van der Waals surface area contributed by atoms with Crippen LogP contribution in [0.5, 0.6) is 5.75 Å². The predicted octanol–water partition coefficient (Wildman–Crippen LogP) is 1.82. The van der Waals surface area contributed by atoms with E-state index in [4.69, 9.17) is 10.5 Å². The first kappa shape index (κ1) is 14.9. The van der Waals surface area contributed by atoms with Gasteiger partial charge in [0.05, 0.1) is 13.0 Å². The van der Waals surface area contributed by atoms with Gasteiger partial charge in [-0.2, -0.15) is 0 Å². The van der Waals surface area contributed by atoms with E-state index >= 15 is 0 Å². The minimum Gasteiger partial charge on any atom is -0.497 e. The molecule has 0 aliphatic carbocycles. The van der Waals surface area contributed by atoms with Crippen molar-refractivity contribution < 1.29 is 9.53 Å². The van der Waals surface area contributed by atoms with E-state index in [1.165, 1.54) is 5.56 Å². The van der Waals surface area contributed by atoms with Crippen LogP contribution in [0.4, 0.5) is 0 Å². The van der Waals surface area contributed by atoms with Crippen molar-refractivity contribution in [1.82, 2.24) is 4.90 Å². The number of carbonyl (C=O) groups is 1. The zero-order valence-corrected chi connectivity index (χ0v) is 12.3. The van der Waals surface area contributed by atoms with Crippen LogP contribution in [0.2, 0.25) is 0 Å². The Morgan fingerprint density at radius 3 is 2.65 bits per heavy atom. The Bertz CT molecular complexity index is 444. The molecule has 1 aliphatic heterocycles. The molecule has 0 unspecified atom stereocenters. The number of nitrogens with two attached hydrogens (primary N) is 1. The predicted molar refractivity (Wildman–Crippen MR) is 79.7 cm³/mol. The molecule has 1 amide bonds. The van der Waals surface area contributed by atoms with Crippen LogP contribution in [-0.2, 0) is 11.2 Å². The van der Waals surface area contributed by atoms with Gasteiger partial charge in [0, 0.05) is 19.1 Å². The molecule has 0 spiro atoms. The molecular weight excluding hydrogens is 252 g/mol. The van der Waals surface area contributed by atoms with Crippen LogP contribution in [0, 0.1) is 5.92 Å². The van der Waals surface area contributed by atoms with E-state index < -0.39 is 0 Å². The van der Waals surface area contributed by atoms with Gasteiger partial charge < -0.3 is 10.5 Å². The van der Waals surface area contributed by atoms with Crippen molar-refractivity contribution >= 4 is 5.91 Å². The van der Waals surface area contributed by atoms with Gasteiger partial charge in [0.15, 0.2) is 0 Å². The highest BCUT2D eigenvalue weighted by molar-refractivity contribution is 5.76. The Hall–Kier alpha value is -1.55. The summed E-state index contributed by atoms with van der Waals surface area (Å²) in [6.45, 7) is 4.00. The lowest BCUT2D eigenvalue weighted by atomic mass is 9.92. The smallest absolute Gasteiger partial charge is 0.221 e. The van der Waals surface area contributed by atoms with E-state index in [-0.39, 0.29) is 11.8 Å². The summed E-state index contributed by atoms with van der Waals surface area (Å²) < 4.78 is 5.16. The van der Waals surface area contributed by atoms with Crippen LogP contribution in [0.1, 0.15) is 25.3 Å². The van der Waals surface area contributed by atoms with Crippen molar-refractivity contribution in [2.45, 2.75) is 32.2 Å². The van der Waals surface area contributed by atoms with Gasteiger partial charge in [-0.1, -0.05) is 12.1 Å². The third kappa shape index (κ3) is 3.73. The number of hydrogen-bond donors (Lipinski definition) is 1. The number of rotatable bonds is 5. The Morgan fingerprint density at radius 2 is 2.05 bits per heavy atom. The van der Waals surface area contributed by atoms with Gasteiger partial charge in [0.1, 0.15) is 5.75 Å². The van der Waals surface area contributed by atoms with Crippen LogP contribution >= 0.6 is 0 Å². The molecule has 1 saturated heterocycles. The number of piperidine rings is 1. The zero-order valence-electron chi connectivity index (χ0n) is 12.3. The number of benzene rings is 1. The molecule has 1 fully saturated rings. The number of methoxy groups -OCH3 is 1. The maximum atomic E-state index is 11.3. The van der Waals surface area contributed by atoms with E-state index in [0.29, 0.717) is 6.04 Å². The van der Waals surface area contributed by atoms with Crippen LogP contribution in [0.15, 0.2) is 24.3 Å². The third-order valence-electron chi connectivity index (χ3n) is 4.26. The molecule has 2 N–H and O–H groups in total. The largest absolute Gasteiger partial charge is 0.497 e. The highest BCUT2D eigenvalue weighted by Gasteiger charge is 2.28. The maximum absolute atomic E-state index is 11.3. The minimum absolute atomic E-state index is 0.0158. The first-order valence-corrected chi connectivity index (χ1v) is 7.26. The van der Waals surface area contributed by atoms with Gasteiger partial charge in [-0.3, -0.25) is 9.69 Å². The zero-order chi connectivity index (χ0) is 14.5. The fourth-order valence-corrected chi connectivity index (χ4v) is 2.79. The lowest BCUT2D eigenvalue weighted by molar-refractivity contribution is -0.123. The Balaban J connectivity index is 1.89. The molecule has 0 bridgehead atoms. The van der Waals surface area contributed by atoms with Gasteiger partial charge in [0.25, 0.3) is 0 Å². The highest BCUT2D eigenvalue weighted by Crippen LogP contribution is 2.22. The van der Waals surface area contributed by atoms with Gasteiger partial charge >= 0.3 is 0 Å². The average Bonchev–Trinajstić information content (AvgIpc) is 2.46. The summed E-state index contributed by atoms with van der Waals surface area (Å²) in [6, 6.07) is 8.70. The number of hydrogen-bond acceptors (Lipinski definition) is 3. The SMILES string of the molecule is COc1ccc(CCN2C[C@H](C(N)=O)CC[C@H]2C)cc1. The third-order valence-corrected chi connectivity index (χ3v) is 4.26. The number of ether oxygens (including phenoxy) is 1. The summed E-state index contributed by atoms with van der Waals surface area (Å²) >= 11 is 0. The molecule has 1 aliphatic rings. The Labute approximate surface area is 120 Å². The first-order valence-electron chi connectivity index (χ1n) is 7.26. The van der Waals surface area contributed by atoms with Gasteiger partial charge in [-0.25, -0.2) is 0 Å². The second-order valence-corrected chi connectivity index (χ2v) is 5.62. The molecule has 110 valence electrons. The quantitative estimate of drug-likeness (QED) is 0.892. The molecule has 2 rings (SSSR count). The summed E-state index contributed by atoms with van der Waals surface area (Å²) in [7, 11) is 1.67. The monoisotopic (exact) mass is 276 g/mol. The fraction of sp³-hybridized carbons (Fsp3) is 0.562. The summed E-state index contributed by atoms with van der Waals surface area (Å²) in [5, 5.41) is 0. The molecule has 4 heteroatoms. The summed E-state index contributed by atoms with van der Waals surface area (Å²) in [5.41, 5.74) is 6.73. The van der Waals surface area contributed by atoms with E-state index in [2.05, 4.69) is 24.0 Å². The van der Waals surface area contributed by atoms with Crippen LogP contribution in [0.25, 0.3) is 0 Å². The Morgan fingerprint density at radius 1 is 1.35 bits per heavy atom. The highest BCUT2D eigenvalue weighted by atomic mass is 16.5. The van der Waals surface area contributed by atoms with E-state index in [0.717, 1.165) is 38.1 Å². The summed E-state index contributed by atoms with van der Waals surface area (Å²) in [5.74, 6) is 0.738. The van der Waals surface area contributed by atoms with Gasteiger partial charge in [-0.15, -0.1) is 0 Å². The molecule has 1 aromatic rings. The number of likely N-dealkylation sites (tertiary alicyclic amines) is 1. The van der Waals surface area contributed by atoms with Crippen molar-refractivity contribution in [1.29, 1.82) is 0 Å². The van der Waals surface area contributed by atoms with Crippen LogP contribution in [0.3, 0.4) is 0 Å². The lowest BCUT2D eigenvalue weighted by Crippen LogP contribution is -2.46. The molecule has 1 heterocycles. The van der Waals surface area contributed by atoms with Gasteiger partial charge in [0.2, 0.25) is 5.91 Å². The van der Waals surface area contributed by atoms with Gasteiger partial charge in [-0.05, 0) is 43.9 Å². The van der Waals surface area contributed by atoms with Crippen molar-refractivity contribution in [3.8, 4) is 5.75 Å². The van der Waals surface area contributed by atoms with E-state index in [1.807, 2.05) is 12.1 Å². The number of primary amides is 1. The maximum Gasteiger partial charge on any atom is 0.221 e. The molecule has 0 radical (unpaired) electrons. The molecular formula is C16H24N2O2. The van der Waals surface area contributed by atoms with E-state index in [1.54, 1.807) is 7.11 Å². The summed E-state index contributed by atoms with van der Waals surface area (Å²) in [6.07, 6.45) is 2.96. The second kappa shape index (κ2) is 6.75. The standard InChI is InChI=1S/C16H24N2O2/c1-12-3-6-14(16(17)19)11-18(12)10-9-13-4-7-15(20-2)8-5-13/h4-5,7-8,12,14H,3,6,9-11H2,1-2H3,(H2,17,19)/t12-,14-/m1/s1. The summed E-state index contributed by atoms with van der Waals surface area (Å²) in [4.78, 5) is 13.7. The number of amides is 1. The van der Waals surface area contributed by atoms with E-state index in [9.17, 15) is 4.79 Å². The number of carbonyl (C=O) groups excluding carboxylic acids is 1. The molecule has 20 heavy (non-hydrogen) atoms. The van der Waals surface area contributed by atoms with Crippen molar-refractivity contribution in [3.05, 3.63) is 29.8 Å². The molecule has 4 nitrogen and oxygen atoms in total. The second-order valence-electron chi connectivity index (χ2n) is 5.62. The average molecular weight is 276 g/mol. The Kier molecular flexibility index (Phi) is 5.01. The van der Waals surface area contributed by atoms with Crippen LogP contribution in [-0.4, -0.2) is 37.0 Å². The fourth-order valence-electron chi connectivity index (χ4n) is 2.79. The first-order chi connectivity index (χ1) is 9.60. The number of nitrogens with zero attached hydrogens (tertiary/aromatic N) is 1. The minimum atomic E-state index is -0.161. The van der Waals surface area contributed by atoms with Crippen molar-refractivity contribution in [2.75, 3.05) is 20.2 Å². The molecule has 0 aromatic heterocycles. The molecule has 2 atom stereocenters. The van der Waals surface area contributed by atoms with Crippen molar-refractivity contribution in [3.63, 3.8) is 0 Å². The molecule has 0 saturated carbocycles. The normalized spacial score (nSPS) is 23.5. The van der Waals surface area contributed by atoms with Crippen LogP contribution < -0.4 is 10.5 Å². The van der Waals surface area contributed by atoms with Crippen molar-refractivity contribution in [2.24, 2.45) is 11.7 Å². The lowest BCUT2D eigenvalue weighted by Gasteiger charge is -2.36. The topological polar surface area (TPSA) is 55.6 Å².